The standard InChI is InChI=1S/C12H8IO/c13-11-8-4-5-9-12(11)14-10-6-2-1-3-7-10/h1-4,6-9H. The summed E-state index contributed by atoms with van der Waals surface area (Å²) in [5.74, 6) is 1.70. The van der Waals surface area contributed by atoms with Gasteiger partial charge in [-0.15, -0.1) is 0 Å². The molecule has 2 aromatic rings. The predicted molar refractivity (Wildman–Crippen MR) is 64.5 cm³/mol. The number of hydrogen-bond acceptors (Lipinski definition) is 1. The van der Waals surface area contributed by atoms with Gasteiger partial charge >= 0.3 is 0 Å². The van der Waals surface area contributed by atoms with E-state index in [1.165, 1.54) is 0 Å². The van der Waals surface area contributed by atoms with E-state index in [1.54, 1.807) is 0 Å². The van der Waals surface area contributed by atoms with Crippen LogP contribution in [0.1, 0.15) is 0 Å². The molecule has 0 spiro atoms. The SMILES string of the molecule is Ic1cc[c]cc1Oc1ccccc1. The smallest absolute Gasteiger partial charge is 0.141 e. The first-order valence-corrected chi connectivity index (χ1v) is 5.32. The van der Waals surface area contributed by atoms with Crippen molar-refractivity contribution in [1.82, 2.24) is 0 Å². The van der Waals surface area contributed by atoms with Gasteiger partial charge in [0, 0.05) is 0 Å². The number of halogens is 1. The van der Waals surface area contributed by atoms with Gasteiger partial charge in [0.05, 0.1) is 3.57 Å². The summed E-state index contributed by atoms with van der Waals surface area (Å²) in [6.45, 7) is 0. The number of para-hydroxylation sites is 1. The van der Waals surface area contributed by atoms with Crippen molar-refractivity contribution < 1.29 is 4.74 Å². The van der Waals surface area contributed by atoms with Crippen LogP contribution >= 0.6 is 22.6 Å². The molecule has 2 rings (SSSR count). The van der Waals surface area contributed by atoms with Crippen molar-refractivity contribution in [1.29, 1.82) is 0 Å². The van der Waals surface area contributed by atoms with Gasteiger partial charge in [0.2, 0.25) is 0 Å². The third-order valence-corrected chi connectivity index (χ3v) is 2.64. The van der Waals surface area contributed by atoms with Gasteiger partial charge in [0.25, 0.3) is 0 Å². The molecule has 0 atom stereocenters. The zero-order valence-electron chi connectivity index (χ0n) is 7.41. The monoisotopic (exact) mass is 295 g/mol. The summed E-state index contributed by atoms with van der Waals surface area (Å²) < 4.78 is 6.76. The summed E-state index contributed by atoms with van der Waals surface area (Å²) in [4.78, 5) is 0. The fourth-order valence-corrected chi connectivity index (χ4v) is 1.54. The minimum atomic E-state index is 0.847. The van der Waals surface area contributed by atoms with E-state index in [0.717, 1.165) is 15.1 Å². The molecule has 0 aliphatic carbocycles. The molecule has 14 heavy (non-hydrogen) atoms. The van der Waals surface area contributed by atoms with Crippen molar-refractivity contribution in [2.45, 2.75) is 0 Å². The van der Waals surface area contributed by atoms with Gasteiger partial charge in [-0.1, -0.05) is 24.3 Å². The largest absolute Gasteiger partial charge is 0.456 e. The lowest BCUT2D eigenvalue weighted by Gasteiger charge is -2.06. The molecule has 0 bridgehead atoms. The molecule has 0 aromatic heterocycles. The lowest BCUT2D eigenvalue weighted by Crippen LogP contribution is -1.85. The van der Waals surface area contributed by atoms with Gasteiger partial charge < -0.3 is 4.74 Å². The van der Waals surface area contributed by atoms with E-state index in [0.29, 0.717) is 0 Å². The highest BCUT2D eigenvalue weighted by molar-refractivity contribution is 14.1. The zero-order chi connectivity index (χ0) is 9.80. The quantitative estimate of drug-likeness (QED) is 0.764. The fourth-order valence-electron chi connectivity index (χ4n) is 1.09. The van der Waals surface area contributed by atoms with Crippen LogP contribution < -0.4 is 4.74 Å². The van der Waals surface area contributed by atoms with Gasteiger partial charge in [-0.05, 0) is 52.9 Å². The second-order valence-electron chi connectivity index (χ2n) is 2.77. The highest BCUT2D eigenvalue weighted by Crippen LogP contribution is 2.25. The van der Waals surface area contributed by atoms with Gasteiger partial charge in [0.15, 0.2) is 0 Å². The lowest BCUT2D eigenvalue weighted by molar-refractivity contribution is 0.479. The Kier molecular flexibility index (Phi) is 3.03. The molecule has 0 heterocycles. The second-order valence-corrected chi connectivity index (χ2v) is 3.93. The summed E-state index contributed by atoms with van der Waals surface area (Å²) in [6, 6.07) is 18.4. The Bertz CT molecular complexity index is 412. The highest BCUT2D eigenvalue weighted by Gasteiger charge is 1.99. The molecular weight excluding hydrogens is 287 g/mol. The Balaban J connectivity index is 2.24. The third kappa shape index (κ3) is 2.26. The van der Waals surface area contributed by atoms with E-state index in [2.05, 4.69) is 28.7 Å². The van der Waals surface area contributed by atoms with Crippen molar-refractivity contribution in [3.8, 4) is 11.5 Å². The van der Waals surface area contributed by atoms with Crippen molar-refractivity contribution >= 4 is 22.6 Å². The lowest BCUT2D eigenvalue weighted by atomic mass is 10.3. The minimum absolute atomic E-state index is 0.847. The topological polar surface area (TPSA) is 9.23 Å². The van der Waals surface area contributed by atoms with Gasteiger partial charge in [-0.3, -0.25) is 0 Å². The molecule has 2 aromatic carbocycles. The summed E-state index contributed by atoms with van der Waals surface area (Å²) in [6.07, 6.45) is 0. The van der Waals surface area contributed by atoms with Crippen LogP contribution in [0.2, 0.25) is 0 Å². The number of benzene rings is 2. The van der Waals surface area contributed by atoms with Gasteiger partial charge in [-0.25, -0.2) is 0 Å². The zero-order valence-corrected chi connectivity index (χ0v) is 9.56. The number of hydrogen-bond donors (Lipinski definition) is 0. The molecule has 0 saturated carbocycles. The molecule has 0 saturated heterocycles. The Hall–Kier alpha value is -1.03. The molecule has 1 radical (unpaired) electrons. The van der Waals surface area contributed by atoms with Crippen molar-refractivity contribution in [3.63, 3.8) is 0 Å². The van der Waals surface area contributed by atoms with E-state index in [1.807, 2.05) is 48.5 Å². The Morgan fingerprint density at radius 1 is 1.07 bits per heavy atom. The summed E-state index contributed by atoms with van der Waals surface area (Å²) in [5, 5.41) is 0. The van der Waals surface area contributed by atoms with Crippen molar-refractivity contribution in [2.24, 2.45) is 0 Å². The summed E-state index contributed by atoms with van der Waals surface area (Å²) in [5.41, 5.74) is 0. The second kappa shape index (κ2) is 4.46. The van der Waals surface area contributed by atoms with Crippen molar-refractivity contribution in [2.75, 3.05) is 0 Å². The Labute approximate surface area is 96.9 Å². The van der Waals surface area contributed by atoms with Crippen LogP contribution in [-0.4, -0.2) is 0 Å². The number of rotatable bonds is 2. The number of ether oxygens (including phenoxy) is 1. The van der Waals surface area contributed by atoms with E-state index >= 15 is 0 Å². The average Bonchev–Trinajstić information content (AvgIpc) is 2.23. The van der Waals surface area contributed by atoms with Crippen LogP contribution in [-0.2, 0) is 0 Å². The third-order valence-electron chi connectivity index (χ3n) is 1.75. The Morgan fingerprint density at radius 2 is 1.86 bits per heavy atom. The van der Waals surface area contributed by atoms with Crippen LogP contribution in [0.4, 0.5) is 0 Å². The maximum absolute atomic E-state index is 5.67. The maximum atomic E-state index is 5.67. The summed E-state index contributed by atoms with van der Waals surface area (Å²) >= 11 is 2.24. The van der Waals surface area contributed by atoms with Gasteiger partial charge in [0.1, 0.15) is 11.5 Å². The van der Waals surface area contributed by atoms with E-state index in [-0.39, 0.29) is 0 Å². The Morgan fingerprint density at radius 3 is 2.57 bits per heavy atom. The van der Waals surface area contributed by atoms with E-state index in [9.17, 15) is 0 Å². The van der Waals surface area contributed by atoms with Crippen LogP contribution in [0.15, 0.2) is 48.5 Å². The normalized spacial score (nSPS) is 9.79. The first-order chi connectivity index (χ1) is 6.86. The van der Waals surface area contributed by atoms with E-state index < -0.39 is 0 Å². The van der Waals surface area contributed by atoms with Crippen LogP contribution in [0.25, 0.3) is 0 Å². The molecular formula is C12H8IO. The highest BCUT2D eigenvalue weighted by atomic mass is 127. The van der Waals surface area contributed by atoms with Crippen molar-refractivity contribution in [3.05, 3.63) is 58.2 Å². The van der Waals surface area contributed by atoms with Crippen LogP contribution in [0.3, 0.4) is 0 Å². The molecule has 0 fully saturated rings. The molecule has 2 heteroatoms. The summed E-state index contributed by atoms with van der Waals surface area (Å²) in [7, 11) is 0. The predicted octanol–water partition coefficient (Wildman–Crippen LogP) is 3.88. The molecule has 69 valence electrons. The molecule has 1 nitrogen and oxygen atoms in total. The van der Waals surface area contributed by atoms with E-state index in [4.69, 9.17) is 4.74 Å². The van der Waals surface area contributed by atoms with Gasteiger partial charge in [-0.2, -0.15) is 0 Å². The molecule has 0 unspecified atom stereocenters. The molecule has 0 aliphatic heterocycles. The first kappa shape index (κ1) is 9.52. The van der Waals surface area contributed by atoms with Crippen LogP contribution in [0.5, 0.6) is 11.5 Å². The minimum Gasteiger partial charge on any atom is -0.456 e. The fraction of sp³-hybridized carbons (Fsp3) is 0. The molecule has 0 amide bonds. The van der Waals surface area contributed by atoms with Crippen LogP contribution in [0, 0.1) is 9.64 Å². The molecule has 0 aliphatic rings. The maximum Gasteiger partial charge on any atom is 0.141 e. The molecule has 0 N–H and O–H groups in total. The average molecular weight is 295 g/mol. The first-order valence-electron chi connectivity index (χ1n) is 4.25.